The maximum absolute atomic E-state index is 11.4. The first-order valence-electron chi connectivity index (χ1n) is 7.76. The number of hydrogen-bond donors (Lipinski definition) is 1. The average molecular weight is 342 g/mol. The lowest BCUT2D eigenvalue weighted by atomic mass is 10.2. The van der Waals surface area contributed by atoms with Crippen LogP contribution in [0.25, 0.3) is 0 Å². The van der Waals surface area contributed by atoms with E-state index >= 15 is 0 Å². The lowest BCUT2D eigenvalue weighted by molar-refractivity contribution is 0.258. The Morgan fingerprint density at radius 1 is 1.20 bits per heavy atom. The molecule has 1 aromatic carbocycles. The van der Waals surface area contributed by atoms with Crippen LogP contribution in [0.4, 0.5) is 5.82 Å². The van der Waals surface area contributed by atoms with Gasteiger partial charge in [0.15, 0.2) is 0 Å². The number of hydrogen-bond acceptors (Lipinski definition) is 6. The maximum Gasteiger partial charge on any atom is 0.440 e. The predicted octanol–water partition coefficient (Wildman–Crippen LogP) is 1.09. The van der Waals surface area contributed by atoms with E-state index in [1.165, 1.54) is 0 Å². The summed E-state index contributed by atoms with van der Waals surface area (Å²) in [5.74, 6) is 0.850. The lowest BCUT2D eigenvalue weighted by Crippen LogP contribution is -2.24. The van der Waals surface area contributed by atoms with Gasteiger partial charge >= 0.3 is 11.4 Å². The zero-order chi connectivity index (χ0) is 17.6. The summed E-state index contributed by atoms with van der Waals surface area (Å²) in [6.07, 6.45) is 1.75. The largest absolute Gasteiger partial charge is 0.492 e. The molecule has 25 heavy (non-hydrogen) atoms. The van der Waals surface area contributed by atoms with Gasteiger partial charge in [-0.1, -0.05) is 18.2 Å². The van der Waals surface area contributed by atoms with E-state index in [9.17, 15) is 9.59 Å². The number of aromatic amines is 1. The molecule has 1 N–H and O–H groups in total. The second-order valence-corrected chi connectivity index (χ2v) is 5.45. The van der Waals surface area contributed by atoms with E-state index in [1.54, 1.807) is 6.20 Å². The molecule has 0 amide bonds. The Bertz CT molecular complexity index is 912. The van der Waals surface area contributed by atoms with Crippen molar-refractivity contribution in [3.63, 3.8) is 0 Å². The van der Waals surface area contributed by atoms with Crippen molar-refractivity contribution in [1.29, 1.82) is 0 Å². The minimum absolute atomic E-state index is 0.181. The SMILES string of the molecule is CN(CCOc1ccc(Cn2oc(=O)[nH]c2=O)cc1)c1ccccn1. The van der Waals surface area contributed by atoms with Crippen LogP contribution in [0.2, 0.25) is 0 Å². The van der Waals surface area contributed by atoms with Crippen molar-refractivity contribution in [1.82, 2.24) is 14.7 Å². The molecule has 130 valence electrons. The molecule has 0 unspecified atom stereocenters. The van der Waals surface area contributed by atoms with Crippen LogP contribution in [-0.2, 0) is 6.54 Å². The van der Waals surface area contributed by atoms with Crippen LogP contribution in [-0.4, -0.2) is 34.9 Å². The van der Waals surface area contributed by atoms with Crippen LogP contribution in [0.15, 0.2) is 62.8 Å². The molecule has 8 nitrogen and oxygen atoms in total. The zero-order valence-electron chi connectivity index (χ0n) is 13.7. The molecule has 8 heteroatoms. The van der Waals surface area contributed by atoms with Crippen LogP contribution in [0.3, 0.4) is 0 Å². The molecular formula is C17H18N4O4. The Kier molecular flexibility index (Phi) is 4.98. The molecule has 0 radical (unpaired) electrons. The summed E-state index contributed by atoms with van der Waals surface area (Å²) in [5.41, 5.74) is 0.255. The minimum Gasteiger partial charge on any atom is -0.492 e. The number of pyridine rings is 1. The van der Waals surface area contributed by atoms with Gasteiger partial charge in [0.1, 0.15) is 18.2 Å². The van der Waals surface area contributed by atoms with E-state index < -0.39 is 11.4 Å². The average Bonchev–Trinajstić information content (AvgIpc) is 2.94. The molecule has 3 rings (SSSR count). The molecule has 0 saturated heterocycles. The highest BCUT2D eigenvalue weighted by molar-refractivity contribution is 5.36. The molecule has 0 bridgehead atoms. The highest BCUT2D eigenvalue weighted by Gasteiger charge is 2.05. The quantitative estimate of drug-likeness (QED) is 0.691. The Hall–Kier alpha value is -3.29. The highest BCUT2D eigenvalue weighted by Crippen LogP contribution is 2.13. The summed E-state index contributed by atoms with van der Waals surface area (Å²) >= 11 is 0. The van der Waals surface area contributed by atoms with Gasteiger partial charge < -0.3 is 14.2 Å². The summed E-state index contributed by atoms with van der Waals surface area (Å²) in [6, 6.07) is 13.0. The van der Waals surface area contributed by atoms with Gasteiger partial charge in [0.05, 0.1) is 13.1 Å². The summed E-state index contributed by atoms with van der Waals surface area (Å²) in [6.45, 7) is 1.39. The number of benzene rings is 1. The van der Waals surface area contributed by atoms with Gasteiger partial charge in [-0.05, 0) is 29.8 Å². The van der Waals surface area contributed by atoms with Crippen molar-refractivity contribution in [2.24, 2.45) is 0 Å². The topological polar surface area (TPSA) is 93.4 Å². The molecule has 2 heterocycles. The van der Waals surface area contributed by atoms with Crippen molar-refractivity contribution in [3.05, 3.63) is 75.3 Å². The molecular weight excluding hydrogens is 324 g/mol. The van der Waals surface area contributed by atoms with Gasteiger partial charge in [-0.25, -0.2) is 19.6 Å². The molecule has 0 aliphatic carbocycles. The molecule has 0 atom stereocenters. The second kappa shape index (κ2) is 7.52. The maximum atomic E-state index is 11.4. The Morgan fingerprint density at radius 3 is 2.64 bits per heavy atom. The number of rotatable bonds is 7. The predicted molar refractivity (Wildman–Crippen MR) is 92.1 cm³/mol. The van der Waals surface area contributed by atoms with E-state index in [2.05, 4.69) is 4.98 Å². The number of nitrogens with zero attached hydrogens (tertiary/aromatic N) is 3. The van der Waals surface area contributed by atoms with Gasteiger partial charge in [0.25, 0.3) is 0 Å². The summed E-state index contributed by atoms with van der Waals surface area (Å²) in [5, 5.41) is 0. The normalized spacial score (nSPS) is 10.6. The zero-order valence-corrected chi connectivity index (χ0v) is 13.7. The number of nitrogens with one attached hydrogen (secondary N) is 1. The number of H-pyrrole nitrogens is 1. The number of aromatic nitrogens is 3. The fraction of sp³-hybridized carbons (Fsp3) is 0.235. The van der Waals surface area contributed by atoms with Gasteiger partial charge in [-0.2, -0.15) is 0 Å². The Balaban J connectivity index is 1.52. The van der Waals surface area contributed by atoms with Crippen molar-refractivity contribution < 1.29 is 9.26 Å². The molecule has 0 aliphatic heterocycles. The molecule has 2 aromatic heterocycles. The minimum atomic E-state index is -0.762. The van der Waals surface area contributed by atoms with Crippen LogP contribution in [0.1, 0.15) is 5.56 Å². The third-order valence-electron chi connectivity index (χ3n) is 3.61. The van der Waals surface area contributed by atoms with Crippen molar-refractivity contribution in [3.8, 4) is 5.75 Å². The molecule has 0 fully saturated rings. The smallest absolute Gasteiger partial charge is 0.440 e. The standard InChI is InChI=1S/C17H18N4O4/c1-20(15-4-2-3-9-18-15)10-11-24-14-7-5-13(6-8-14)12-21-16(22)19-17(23)25-21/h2-9H,10-12H2,1H3,(H,19,22,23). The Morgan fingerprint density at radius 2 is 2.00 bits per heavy atom. The van der Waals surface area contributed by atoms with Crippen molar-refractivity contribution in [2.75, 3.05) is 25.1 Å². The first-order valence-corrected chi connectivity index (χ1v) is 7.76. The first kappa shape index (κ1) is 16.6. The number of ether oxygens (including phenoxy) is 1. The summed E-state index contributed by atoms with van der Waals surface area (Å²) in [4.78, 5) is 30.7. The third kappa shape index (κ3) is 4.37. The van der Waals surface area contributed by atoms with E-state index in [1.807, 2.05) is 59.4 Å². The van der Waals surface area contributed by atoms with Gasteiger partial charge in [0.2, 0.25) is 0 Å². The van der Waals surface area contributed by atoms with Crippen LogP contribution >= 0.6 is 0 Å². The molecule has 0 saturated carbocycles. The highest BCUT2D eigenvalue weighted by atomic mass is 16.5. The summed E-state index contributed by atoms with van der Waals surface area (Å²) < 4.78 is 11.4. The lowest BCUT2D eigenvalue weighted by Gasteiger charge is -2.18. The number of likely N-dealkylation sites (N-methyl/N-ethyl adjacent to an activating group) is 1. The second-order valence-electron chi connectivity index (χ2n) is 5.45. The molecule has 3 aromatic rings. The Labute approximate surface area is 143 Å². The van der Waals surface area contributed by atoms with Gasteiger partial charge in [-0.15, -0.1) is 4.74 Å². The number of anilines is 1. The third-order valence-corrected chi connectivity index (χ3v) is 3.61. The molecule has 0 aliphatic rings. The fourth-order valence-electron chi connectivity index (χ4n) is 2.27. The molecule has 0 spiro atoms. The monoisotopic (exact) mass is 342 g/mol. The van der Waals surface area contributed by atoms with Crippen molar-refractivity contribution in [2.45, 2.75) is 6.54 Å². The van der Waals surface area contributed by atoms with E-state index in [0.29, 0.717) is 13.2 Å². The summed E-state index contributed by atoms with van der Waals surface area (Å²) in [7, 11) is 1.96. The fourth-order valence-corrected chi connectivity index (χ4v) is 2.27. The van der Waals surface area contributed by atoms with E-state index in [-0.39, 0.29) is 6.54 Å². The van der Waals surface area contributed by atoms with E-state index in [0.717, 1.165) is 21.9 Å². The first-order chi connectivity index (χ1) is 12.1. The van der Waals surface area contributed by atoms with Crippen LogP contribution in [0, 0.1) is 0 Å². The van der Waals surface area contributed by atoms with Gasteiger partial charge in [0, 0.05) is 13.2 Å². The van der Waals surface area contributed by atoms with Crippen LogP contribution in [0.5, 0.6) is 5.75 Å². The van der Waals surface area contributed by atoms with Gasteiger partial charge in [-0.3, -0.25) is 0 Å². The van der Waals surface area contributed by atoms with Crippen LogP contribution < -0.4 is 21.1 Å². The van der Waals surface area contributed by atoms with E-state index in [4.69, 9.17) is 9.26 Å². The van der Waals surface area contributed by atoms with Crippen molar-refractivity contribution >= 4 is 5.82 Å².